The van der Waals surface area contributed by atoms with Crippen LogP contribution in [0.5, 0.6) is 0 Å². The molecule has 3 heteroatoms. The van der Waals surface area contributed by atoms with Crippen LogP contribution in [-0.2, 0) is 4.74 Å². The molecule has 3 rings (SSSR count). The molecule has 0 radical (unpaired) electrons. The molecule has 0 aliphatic heterocycles. The topological polar surface area (TPSA) is 49.7 Å². The van der Waals surface area contributed by atoms with E-state index in [9.17, 15) is 10.2 Å². The Labute approximate surface area is 199 Å². The Hall–Kier alpha value is -0.120. The standard InChI is InChI=1S/C29H54O3/c1-19(2)9-8-10-20(3)22-11-12-24-23(22)13-14-26(25(24)18-30)29(7)16-15-21(17-27(29)31)32-28(4,5)6/h19-27,30-31H,8-18H2,1-7H3/t20-,21-,22-,23+,24+,25+,26-,27+,29-/m0/s1. The van der Waals surface area contributed by atoms with E-state index in [1.54, 1.807) is 0 Å². The minimum atomic E-state index is -0.327. The van der Waals surface area contributed by atoms with Crippen LogP contribution in [-0.4, -0.2) is 34.6 Å². The van der Waals surface area contributed by atoms with E-state index in [4.69, 9.17) is 4.74 Å². The molecule has 3 fully saturated rings. The summed E-state index contributed by atoms with van der Waals surface area (Å²) in [6.45, 7) is 16.1. The first-order valence-electron chi connectivity index (χ1n) is 13.9. The Morgan fingerprint density at radius 1 is 0.969 bits per heavy atom. The van der Waals surface area contributed by atoms with E-state index < -0.39 is 0 Å². The molecule has 3 aliphatic carbocycles. The molecule has 3 saturated carbocycles. The van der Waals surface area contributed by atoms with Gasteiger partial charge >= 0.3 is 0 Å². The van der Waals surface area contributed by atoms with Gasteiger partial charge in [-0.1, -0.05) is 47.0 Å². The Balaban J connectivity index is 1.64. The third kappa shape index (κ3) is 5.92. The van der Waals surface area contributed by atoms with Gasteiger partial charge in [0.2, 0.25) is 0 Å². The van der Waals surface area contributed by atoms with Crippen molar-refractivity contribution in [2.75, 3.05) is 6.61 Å². The number of rotatable bonds is 8. The number of aliphatic hydroxyl groups is 2. The lowest BCUT2D eigenvalue weighted by Crippen LogP contribution is -2.52. The molecule has 0 aromatic heterocycles. The van der Waals surface area contributed by atoms with Crippen molar-refractivity contribution in [3.63, 3.8) is 0 Å². The van der Waals surface area contributed by atoms with Gasteiger partial charge in [-0.05, 0) is 106 Å². The van der Waals surface area contributed by atoms with Gasteiger partial charge in [0.1, 0.15) is 0 Å². The molecule has 0 heterocycles. The van der Waals surface area contributed by atoms with Crippen LogP contribution in [0.2, 0.25) is 0 Å². The molecule has 3 nitrogen and oxygen atoms in total. The highest BCUT2D eigenvalue weighted by Crippen LogP contribution is 2.59. The van der Waals surface area contributed by atoms with Crippen LogP contribution in [0.4, 0.5) is 0 Å². The molecular formula is C29H54O3. The first kappa shape index (κ1) is 26.5. The molecule has 3 aliphatic rings. The fraction of sp³-hybridized carbons (Fsp3) is 1.00. The van der Waals surface area contributed by atoms with Gasteiger partial charge in [-0.3, -0.25) is 0 Å². The minimum Gasteiger partial charge on any atom is -0.396 e. The van der Waals surface area contributed by atoms with Crippen molar-refractivity contribution in [2.24, 2.45) is 46.8 Å². The summed E-state index contributed by atoms with van der Waals surface area (Å²) in [5.74, 6) is 4.71. The first-order valence-corrected chi connectivity index (χ1v) is 13.9. The van der Waals surface area contributed by atoms with Crippen molar-refractivity contribution in [1.29, 1.82) is 0 Å². The van der Waals surface area contributed by atoms with Crippen LogP contribution >= 0.6 is 0 Å². The molecule has 0 unspecified atom stereocenters. The van der Waals surface area contributed by atoms with Gasteiger partial charge in [0.15, 0.2) is 0 Å². The Kier molecular flexibility index (Phi) is 8.81. The number of aliphatic hydroxyl groups excluding tert-OH is 2. The molecule has 0 saturated heterocycles. The second kappa shape index (κ2) is 10.6. The molecule has 32 heavy (non-hydrogen) atoms. The van der Waals surface area contributed by atoms with Gasteiger partial charge < -0.3 is 14.9 Å². The highest BCUT2D eigenvalue weighted by molar-refractivity contribution is 5.03. The average Bonchev–Trinajstić information content (AvgIpc) is 3.13. The van der Waals surface area contributed by atoms with Crippen LogP contribution < -0.4 is 0 Å². The van der Waals surface area contributed by atoms with Crippen molar-refractivity contribution in [3.05, 3.63) is 0 Å². The lowest BCUT2D eigenvalue weighted by Gasteiger charge is -2.54. The molecule has 0 amide bonds. The summed E-state index contributed by atoms with van der Waals surface area (Å²) in [6, 6.07) is 0. The van der Waals surface area contributed by atoms with E-state index in [2.05, 4.69) is 48.5 Å². The summed E-state index contributed by atoms with van der Waals surface area (Å²) in [5, 5.41) is 21.9. The smallest absolute Gasteiger partial charge is 0.0621 e. The SMILES string of the molecule is CC(C)CCC[C@H](C)[C@@H]1CC[C@@H]2[C@@H]1CC[C@H]([C@]1(C)CC[C@H](OC(C)(C)C)C[C@H]1O)[C@@H]2CO. The van der Waals surface area contributed by atoms with Crippen molar-refractivity contribution in [1.82, 2.24) is 0 Å². The molecule has 0 aromatic rings. The predicted octanol–water partition coefficient (Wildman–Crippen LogP) is 6.84. The third-order valence-corrected chi connectivity index (χ3v) is 9.81. The number of hydrogen-bond donors (Lipinski definition) is 2. The van der Waals surface area contributed by atoms with Crippen molar-refractivity contribution < 1.29 is 14.9 Å². The highest BCUT2D eigenvalue weighted by atomic mass is 16.5. The number of fused-ring (bicyclic) bond motifs is 1. The van der Waals surface area contributed by atoms with Crippen molar-refractivity contribution in [3.8, 4) is 0 Å². The zero-order chi connectivity index (χ0) is 23.7. The zero-order valence-corrected chi connectivity index (χ0v) is 22.3. The van der Waals surface area contributed by atoms with Gasteiger partial charge in [0, 0.05) is 13.0 Å². The molecule has 0 bridgehead atoms. The molecular weight excluding hydrogens is 396 g/mol. The maximum atomic E-state index is 11.3. The molecule has 188 valence electrons. The summed E-state index contributed by atoms with van der Waals surface area (Å²) in [7, 11) is 0. The van der Waals surface area contributed by atoms with E-state index >= 15 is 0 Å². The summed E-state index contributed by atoms with van der Waals surface area (Å²) < 4.78 is 6.23. The van der Waals surface area contributed by atoms with E-state index in [1.807, 2.05) is 0 Å². The minimum absolute atomic E-state index is 0.0862. The molecule has 0 spiro atoms. The van der Waals surface area contributed by atoms with E-state index in [-0.39, 0.29) is 23.2 Å². The maximum absolute atomic E-state index is 11.3. The van der Waals surface area contributed by atoms with Gasteiger partial charge in [0.25, 0.3) is 0 Å². The summed E-state index contributed by atoms with van der Waals surface area (Å²) in [5.41, 5.74) is -0.244. The van der Waals surface area contributed by atoms with Crippen LogP contribution in [0.1, 0.15) is 113 Å². The van der Waals surface area contributed by atoms with Crippen LogP contribution in [0.25, 0.3) is 0 Å². The van der Waals surface area contributed by atoms with Crippen LogP contribution in [0.15, 0.2) is 0 Å². The van der Waals surface area contributed by atoms with E-state index in [1.165, 1.54) is 44.9 Å². The predicted molar refractivity (Wildman–Crippen MR) is 133 cm³/mol. The lowest BCUT2D eigenvalue weighted by molar-refractivity contribution is -0.154. The summed E-state index contributed by atoms with van der Waals surface area (Å²) in [4.78, 5) is 0. The van der Waals surface area contributed by atoms with E-state index in [0.29, 0.717) is 24.4 Å². The quantitative estimate of drug-likeness (QED) is 0.425. The monoisotopic (exact) mass is 450 g/mol. The average molecular weight is 451 g/mol. The second-order valence-corrected chi connectivity index (χ2v) is 13.5. The second-order valence-electron chi connectivity index (χ2n) is 13.5. The normalized spacial score (nSPS) is 41.6. The Morgan fingerprint density at radius 3 is 2.25 bits per heavy atom. The fourth-order valence-corrected chi connectivity index (χ4v) is 8.14. The molecule has 9 atom stereocenters. The largest absolute Gasteiger partial charge is 0.396 e. The third-order valence-electron chi connectivity index (χ3n) is 9.81. The maximum Gasteiger partial charge on any atom is 0.0621 e. The van der Waals surface area contributed by atoms with Crippen molar-refractivity contribution >= 4 is 0 Å². The van der Waals surface area contributed by atoms with Gasteiger partial charge in [-0.2, -0.15) is 0 Å². The summed E-state index contributed by atoms with van der Waals surface area (Å²) in [6.07, 6.45) is 11.8. The van der Waals surface area contributed by atoms with Crippen LogP contribution in [0.3, 0.4) is 0 Å². The van der Waals surface area contributed by atoms with Crippen molar-refractivity contribution in [2.45, 2.75) is 130 Å². The number of hydrogen-bond acceptors (Lipinski definition) is 3. The van der Waals surface area contributed by atoms with Gasteiger partial charge in [-0.15, -0.1) is 0 Å². The Morgan fingerprint density at radius 2 is 1.66 bits per heavy atom. The molecule has 2 N–H and O–H groups in total. The highest BCUT2D eigenvalue weighted by Gasteiger charge is 2.54. The summed E-state index contributed by atoms with van der Waals surface area (Å²) >= 11 is 0. The van der Waals surface area contributed by atoms with Crippen LogP contribution in [0, 0.1) is 46.8 Å². The van der Waals surface area contributed by atoms with Gasteiger partial charge in [-0.25, -0.2) is 0 Å². The van der Waals surface area contributed by atoms with Gasteiger partial charge in [0.05, 0.1) is 17.8 Å². The first-order chi connectivity index (χ1) is 15.0. The number of ether oxygens (including phenoxy) is 1. The Bertz CT molecular complexity index is 581. The van der Waals surface area contributed by atoms with E-state index in [0.717, 1.165) is 42.9 Å². The fourth-order valence-electron chi connectivity index (χ4n) is 8.14. The zero-order valence-electron chi connectivity index (χ0n) is 22.3. The molecule has 0 aromatic carbocycles. The lowest BCUT2D eigenvalue weighted by atomic mass is 9.53.